The molecule has 3 N–H and O–H groups in total. The van der Waals surface area contributed by atoms with Gasteiger partial charge in [-0.05, 0) is 82.4 Å². The van der Waals surface area contributed by atoms with Crippen LogP contribution < -0.4 is 15.8 Å². The average molecular weight is 768 g/mol. The Bertz CT molecular complexity index is 1950. The molecule has 0 radical (unpaired) electrons. The molecule has 53 heavy (non-hydrogen) atoms. The van der Waals surface area contributed by atoms with E-state index in [0.29, 0.717) is 17.9 Å². The lowest BCUT2D eigenvalue weighted by Crippen LogP contribution is -2.57. The van der Waals surface area contributed by atoms with Gasteiger partial charge in [0.15, 0.2) is 0 Å². The summed E-state index contributed by atoms with van der Waals surface area (Å²) in [4.78, 5) is 32.4. The highest BCUT2D eigenvalue weighted by Gasteiger charge is 2.39. The molecule has 3 aromatic rings. The van der Waals surface area contributed by atoms with Crippen LogP contribution in [0.1, 0.15) is 57.6 Å². The molecule has 284 valence electrons. The van der Waals surface area contributed by atoms with Crippen molar-refractivity contribution >= 4 is 39.3 Å². The number of sulfonamides is 1. The standard InChI is InChI=1S/C39H47ClFN5O6S/c1-38(2,3)52-37(48)45-22-23-46(53(49,50)29-10-7-6-8-11-29)28(25-45)15-16-30-31(41)12-9-13-32(30)44-36(47)35(42)34(26-18-20-39(4,40)21-19-26)27-14-17-33(51-5)43-24-27/h6-14,17-20,24,28,34-35H,15-16,21-23,25,42H2,1-5H3,(H,44,47)/t28-,34-,35-,39?/m0/s1. The van der Waals surface area contributed by atoms with E-state index in [1.54, 1.807) is 63.4 Å². The van der Waals surface area contributed by atoms with Crippen LogP contribution in [0, 0.1) is 5.82 Å². The van der Waals surface area contributed by atoms with Crippen LogP contribution in [-0.4, -0.2) is 83.9 Å². The fourth-order valence-corrected chi connectivity index (χ4v) is 8.27. The van der Waals surface area contributed by atoms with E-state index < -0.39 is 56.3 Å². The second-order valence-electron chi connectivity index (χ2n) is 14.5. The first-order chi connectivity index (χ1) is 25.0. The predicted molar refractivity (Wildman–Crippen MR) is 203 cm³/mol. The number of benzene rings is 2. The number of nitrogens with two attached hydrogens (primary N) is 1. The molecular weight excluding hydrogens is 721 g/mol. The lowest BCUT2D eigenvalue weighted by molar-refractivity contribution is -0.117. The number of nitrogens with one attached hydrogen (secondary N) is 1. The van der Waals surface area contributed by atoms with Crippen LogP contribution in [0.15, 0.2) is 95.6 Å². The Morgan fingerprint density at radius 3 is 2.47 bits per heavy atom. The fraction of sp³-hybridized carbons (Fsp3) is 0.410. The molecule has 1 unspecified atom stereocenters. The van der Waals surface area contributed by atoms with E-state index in [1.165, 1.54) is 40.6 Å². The summed E-state index contributed by atoms with van der Waals surface area (Å²) in [5.74, 6) is -1.36. The Labute approximate surface area is 316 Å². The van der Waals surface area contributed by atoms with Gasteiger partial charge in [0.05, 0.1) is 22.9 Å². The van der Waals surface area contributed by atoms with E-state index in [-0.39, 0.29) is 48.6 Å². The number of alkyl halides is 1. The van der Waals surface area contributed by atoms with Crippen LogP contribution >= 0.6 is 11.6 Å². The number of aromatic nitrogens is 1. The highest BCUT2D eigenvalue weighted by molar-refractivity contribution is 7.89. The van der Waals surface area contributed by atoms with Gasteiger partial charge in [0.1, 0.15) is 11.4 Å². The van der Waals surface area contributed by atoms with E-state index in [0.717, 1.165) is 5.57 Å². The van der Waals surface area contributed by atoms with E-state index >= 15 is 4.39 Å². The van der Waals surface area contributed by atoms with E-state index in [4.69, 9.17) is 26.8 Å². The van der Waals surface area contributed by atoms with Crippen molar-refractivity contribution in [3.05, 3.63) is 108 Å². The maximum atomic E-state index is 15.7. The molecule has 0 bridgehead atoms. The number of halogens is 2. The molecule has 2 aromatic carbocycles. The number of hydrogen-bond acceptors (Lipinski definition) is 8. The Morgan fingerprint density at radius 1 is 1.11 bits per heavy atom. The number of amides is 2. The number of ether oxygens (including phenoxy) is 2. The number of anilines is 1. The van der Waals surface area contributed by atoms with Gasteiger partial charge in [-0.2, -0.15) is 4.31 Å². The second kappa shape index (κ2) is 16.4. The molecule has 1 saturated heterocycles. The normalized spacial score (nSPS) is 20.6. The lowest BCUT2D eigenvalue weighted by Gasteiger charge is -2.41. The smallest absolute Gasteiger partial charge is 0.410 e. The zero-order valence-electron chi connectivity index (χ0n) is 30.6. The van der Waals surface area contributed by atoms with Crippen molar-refractivity contribution < 1.29 is 31.9 Å². The van der Waals surface area contributed by atoms with Gasteiger partial charge < -0.3 is 25.4 Å². The minimum Gasteiger partial charge on any atom is -0.481 e. The van der Waals surface area contributed by atoms with Gasteiger partial charge in [0.2, 0.25) is 21.8 Å². The molecule has 2 amide bonds. The quantitative estimate of drug-likeness (QED) is 0.213. The third-order valence-corrected chi connectivity index (χ3v) is 11.5. The van der Waals surface area contributed by atoms with Gasteiger partial charge >= 0.3 is 6.09 Å². The van der Waals surface area contributed by atoms with E-state index in [2.05, 4.69) is 10.3 Å². The number of allylic oxidation sites excluding steroid dienone is 3. The Morgan fingerprint density at radius 2 is 1.85 bits per heavy atom. The average Bonchev–Trinajstić information content (AvgIpc) is 3.12. The van der Waals surface area contributed by atoms with Gasteiger partial charge in [-0.25, -0.2) is 22.6 Å². The van der Waals surface area contributed by atoms with Crippen molar-refractivity contribution in [3.63, 3.8) is 0 Å². The zero-order valence-corrected chi connectivity index (χ0v) is 32.2. The first-order valence-electron chi connectivity index (χ1n) is 17.5. The number of nitrogens with zero attached hydrogens (tertiary/aromatic N) is 3. The van der Waals surface area contributed by atoms with E-state index in [9.17, 15) is 18.0 Å². The number of methoxy groups -OCH3 is 1. The molecule has 4 atom stereocenters. The minimum absolute atomic E-state index is 0.0195. The van der Waals surface area contributed by atoms with Crippen molar-refractivity contribution in [2.24, 2.45) is 5.73 Å². The number of pyridine rings is 1. The van der Waals surface area contributed by atoms with Crippen LogP contribution in [0.25, 0.3) is 0 Å². The first-order valence-corrected chi connectivity index (χ1v) is 19.3. The fourth-order valence-electron chi connectivity index (χ4n) is 6.48. The van der Waals surface area contributed by atoms with Crippen LogP contribution in [0.3, 0.4) is 0 Å². The van der Waals surface area contributed by atoms with Gasteiger partial charge in [-0.1, -0.05) is 48.6 Å². The Balaban J connectivity index is 1.40. The summed E-state index contributed by atoms with van der Waals surface area (Å²) in [7, 11) is -2.46. The van der Waals surface area contributed by atoms with Crippen molar-refractivity contribution in [3.8, 4) is 5.88 Å². The van der Waals surface area contributed by atoms with Crippen molar-refractivity contribution in [2.45, 2.75) is 80.3 Å². The van der Waals surface area contributed by atoms with Gasteiger partial charge in [-0.15, -0.1) is 11.6 Å². The number of rotatable bonds is 11. The number of carbonyl (C=O) groups excluding carboxylic acids is 2. The first kappa shape index (κ1) is 39.9. The largest absolute Gasteiger partial charge is 0.481 e. The van der Waals surface area contributed by atoms with E-state index in [1.807, 2.05) is 25.2 Å². The summed E-state index contributed by atoms with van der Waals surface area (Å²) in [5, 5.41) is 2.84. The SMILES string of the molecule is COc1ccc([C@H](C2=CCC(C)(Cl)C=C2)[C@H](N)C(=O)Nc2cccc(F)c2CC[C@H]2CN(C(=O)OC(C)(C)C)CCN2S(=O)(=O)c2ccccc2)cn1. The summed E-state index contributed by atoms with van der Waals surface area (Å²) in [6.07, 6.45) is 7.40. The number of piperazine rings is 1. The Hall–Kier alpha value is -4.30. The highest BCUT2D eigenvalue weighted by Crippen LogP contribution is 2.36. The Kier molecular flexibility index (Phi) is 12.3. The molecule has 11 nitrogen and oxygen atoms in total. The number of carbonyl (C=O) groups is 2. The van der Waals surface area contributed by atoms with Crippen molar-refractivity contribution in [1.29, 1.82) is 0 Å². The molecule has 1 aliphatic carbocycles. The highest BCUT2D eigenvalue weighted by atomic mass is 35.5. The number of hydrogen-bond donors (Lipinski definition) is 2. The van der Waals surface area contributed by atoms with Crippen LogP contribution in [-0.2, 0) is 26.0 Å². The molecular formula is C39H47ClFN5O6S. The second-order valence-corrected chi connectivity index (χ2v) is 17.2. The molecule has 14 heteroatoms. The summed E-state index contributed by atoms with van der Waals surface area (Å²) in [6.45, 7) is 7.33. The third-order valence-electron chi connectivity index (χ3n) is 9.24. The van der Waals surface area contributed by atoms with Crippen molar-refractivity contribution in [2.75, 3.05) is 32.1 Å². The molecule has 1 aliphatic heterocycles. The van der Waals surface area contributed by atoms with Crippen LogP contribution in [0.5, 0.6) is 5.88 Å². The summed E-state index contributed by atoms with van der Waals surface area (Å²) in [6, 6.07) is 14.0. The van der Waals surface area contributed by atoms with Crippen LogP contribution in [0.4, 0.5) is 14.9 Å². The molecule has 0 saturated carbocycles. The molecule has 0 spiro atoms. The van der Waals surface area contributed by atoms with Gasteiger partial charge in [0, 0.05) is 55.1 Å². The topological polar surface area (TPSA) is 144 Å². The molecule has 1 aromatic heterocycles. The van der Waals surface area contributed by atoms with Crippen molar-refractivity contribution in [1.82, 2.24) is 14.2 Å². The van der Waals surface area contributed by atoms with Gasteiger partial charge in [0.25, 0.3) is 0 Å². The summed E-state index contributed by atoms with van der Waals surface area (Å²) in [5.41, 5.74) is 7.79. The monoisotopic (exact) mass is 767 g/mol. The molecule has 5 rings (SSSR count). The zero-order chi connectivity index (χ0) is 38.6. The summed E-state index contributed by atoms with van der Waals surface area (Å²) < 4.78 is 55.6. The minimum atomic E-state index is -3.97. The lowest BCUT2D eigenvalue weighted by atomic mass is 9.81. The summed E-state index contributed by atoms with van der Waals surface area (Å²) >= 11 is 6.54. The molecule has 1 fully saturated rings. The van der Waals surface area contributed by atoms with Crippen LogP contribution in [0.2, 0.25) is 0 Å². The maximum Gasteiger partial charge on any atom is 0.410 e. The molecule has 2 heterocycles. The third kappa shape index (κ3) is 9.82. The predicted octanol–water partition coefficient (Wildman–Crippen LogP) is 6.41. The maximum absolute atomic E-state index is 15.7. The molecule has 2 aliphatic rings. The van der Waals surface area contributed by atoms with Gasteiger partial charge in [-0.3, -0.25) is 4.79 Å².